The number of ether oxygens (including phenoxy) is 2. The van der Waals surface area contributed by atoms with Crippen LogP contribution >= 0.6 is 11.8 Å². The lowest BCUT2D eigenvalue weighted by Crippen LogP contribution is -2.42. The first-order valence-corrected chi connectivity index (χ1v) is 9.53. The molecule has 0 aliphatic rings. The van der Waals surface area contributed by atoms with Crippen LogP contribution in [-0.2, 0) is 4.79 Å². The summed E-state index contributed by atoms with van der Waals surface area (Å²) in [5.74, 6) is 0.506. The van der Waals surface area contributed by atoms with Crippen LogP contribution < -0.4 is 20.3 Å². The summed E-state index contributed by atoms with van der Waals surface area (Å²) in [7, 11) is 1.51. The topological polar surface area (TPSA) is 76.7 Å². The van der Waals surface area contributed by atoms with Crippen molar-refractivity contribution < 1.29 is 19.1 Å². The molecule has 2 N–H and O–H groups in total. The van der Waals surface area contributed by atoms with Crippen LogP contribution in [0.25, 0.3) is 0 Å². The Morgan fingerprint density at radius 3 is 2.44 bits per heavy atom. The maximum absolute atomic E-state index is 12.2. The molecule has 27 heavy (non-hydrogen) atoms. The fourth-order valence-electron chi connectivity index (χ4n) is 2.27. The van der Waals surface area contributed by atoms with Crippen molar-refractivity contribution in [3.63, 3.8) is 0 Å². The third-order valence-corrected chi connectivity index (χ3v) is 4.88. The normalized spacial score (nSPS) is 10.2. The first-order chi connectivity index (χ1) is 12.9. The van der Waals surface area contributed by atoms with Gasteiger partial charge in [-0.05, 0) is 62.2 Å². The van der Waals surface area contributed by atoms with E-state index in [1.807, 2.05) is 39.0 Å². The molecule has 0 aliphatic carbocycles. The minimum absolute atomic E-state index is 0.204. The number of methoxy groups -OCH3 is 1. The number of nitrogens with one attached hydrogen (secondary N) is 2. The number of hydrogen-bond acceptors (Lipinski definition) is 5. The van der Waals surface area contributed by atoms with Crippen LogP contribution in [0.15, 0.2) is 41.3 Å². The molecule has 0 aromatic heterocycles. The van der Waals surface area contributed by atoms with E-state index in [0.717, 1.165) is 4.90 Å². The molecule has 0 radical (unpaired) electrons. The number of carbonyl (C=O) groups is 2. The molecule has 2 rings (SSSR count). The zero-order valence-corrected chi connectivity index (χ0v) is 16.7. The third-order valence-electron chi connectivity index (χ3n) is 3.89. The van der Waals surface area contributed by atoms with Crippen LogP contribution in [0.3, 0.4) is 0 Å². The molecule has 0 atom stereocenters. The van der Waals surface area contributed by atoms with Gasteiger partial charge in [-0.2, -0.15) is 0 Å². The molecular formula is C20H24N2O4S. The molecule has 7 heteroatoms. The quantitative estimate of drug-likeness (QED) is 0.562. The minimum Gasteiger partial charge on any atom is -0.493 e. The third kappa shape index (κ3) is 5.92. The number of carbonyl (C=O) groups excluding carboxylic acids is 2. The Bertz CT molecular complexity index is 824. The van der Waals surface area contributed by atoms with Crippen LogP contribution in [0, 0.1) is 13.8 Å². The Kier molecular flexibility index (Phi) is 7.55. The van der Waals surface area contributed by atoms with Gasteiger partial charge in [-0.3, -0.25) is 20.4 Å². The fourth-order valence-corrected chi connectivity index (χ4v) is 3.07. The average molecular weight is 388 g/mol. The Morgan fingerprint density at radius 1 is 1.00 bits per heavy atom. The van der Waals surface area contributed by atoms with Crippen molar-refractivity contribution >= 4 is 23.6 Å². The average Bonchev–Trinajstić information content (AvgIpc) is 2.67. The second kappa shape index (κ2) is 9.87. The van der Waals surface area contributed by atoms with Gasteiger partial charge in [0, 0.05) is 10.5 Å². The SMILES string of the molecule is CCOc1ccc(C(=O)NNC(=O)CSc2ccc(C)c(C)c2)cc1OC. The summed E-state index contributed by atoms with van der Waals surface area (Å²) in [5.41, 5.74) is 7.58. The van der Waals surface area contributed by atoms with E-state index in [1.54, 1.807) is 18.2 Å². The lowest BCUT2D eigenvalue weighted by Gasteiger charge is -2.11. The summed E-state index contributed by atoms with van der Waals surface area (Å²) in [6.07, 6.45) is 0. The summed E-state index contributed by atoms with van der Waals surface area (Å²) in [5, 5.41) is 0. The molecule has 0 saturated heterocycles. The number of hydrogen-bond donors (Lipinski definition) is 2. The van der Waals surface area contributed by atoms with Gasteiger partial charge in [-0.25, -0.2) is 0 Å². The number of amides is 2. The Balaban J connectivity index is 1.87. The van der Waals surface area contributed by atoms with Gasteiger partial charge < -0.3 is 9.47 Å². The zero-order valence-electron chi connectivity index (χ0n) is 15.9. The number of thioether (sulfide) groups is 1. The highest BCUT2D eigenvalue weighted by atomic mass is 32.2. The molecule has 0 fully saturated rings. The van der Waals surface area contributed by atoms with E-state index in [0.29, 0.717) is 23.7 Å². The first kappa shape index (κ1) is 20.6. The van der Waals surface area contributed by atoms with Crippen LogP contribution in [-0.4, -0.2) is 31.3 Å². The van der Waals surface area contributed by atoms with Crippen LogP contribution in [0.2, 0.25) is 0 Å². The van der Waals surface area contributed by atoms with Crippen LogP contribution in [0.5, 0.6) is 11.5 Å². The molecule has 2 aromatic carbocycles. The lowest BCUT2D eigenvalue weighted by molar-refractivity contribution is -0.119. The highest BCUT2D eigenvalue weighted by Crippen LogP contribution is 2.28. The largest absolute Gasteiger partial charge is 0.493 e. The van der Waals surface area contributed by atoms with Crippen molar-refractivity contribution in [2.45, 2.75) is 25.7 Å². The van der Waals surface area contributed by atoms with E-state index in [-0.39, 0.29) is 11.7 Å². The standard InChI is InChI=1S/C20H24N2O4S/c1-5-26-17-9-7-15(11-18(17)25-4)20(24)22-21-19(23)12-27-16-8-6-13(2)14(3)10-16/h6-11H,5,12H2,1-4H3,(H,21,23)(H,22,24). The predicted octanol–water partition coefficient (Wildman–Crippen LogP) is 3.26. The summed E-state index contributed by atoms with van der Waals surface area (Å²) < 4.78 is 10.6. The molecule has 0 unspecified atom stereocenters. The van der Waals surface area contributed by atoms with E-state index >= 15 is 0 Å². The Hall–Kier alpha value is -2.67. The number of hydrazine groups is 1. The monoisotopic (exact) mass is 388 g/mol. The van der Waals surface area contributed by atoms with Crippen molar-refractivity contribution in [3.8, 4) is 11.5 Å². The molecule has 2 amide bonds. The molecule has 0 bridgehead atoms. The highest BCUT2D eigenvalue weighted by Gasteiger charge is 2.12. The van der Waals surface area contributed by atoms with E-state index in [2.05, 4.69) is 10.9 Å². The molecule has 144 valence electrons. The molecule has 0 aliphatic heterocycles. The summed E-state index contributed by atoms with van der Waals surface area (Å²) in [6.45, 7) is 6.44. The van der Waals surface area contributed by atoms with Gasteiger partial charge in [0.05, 0.1) is 19.5 Å². The maximum Gasteiger partial charge on any atom is 0.269 e. The molecule has 0 spiro atoms. The molecular weight excluding hydrogens is 364 g/mol. The second-order valence-corrected chi connectivity index (χ2v) is 6.88. The molecule has 0 heterocycles. The van der Waals surface area contributed by atoms with Gasteiger partial charge in [0.2, 0.25) is 5.91 Å². The molecule has 0 saturated carbocycles. The predicted molar refractivity (Wildman–Crippen MR) is 106 cm³/mol. The van der Waals surface area contributed by atoms with Crippen molar-refractivity contribution in [2.75, 3.05) is 19.5 Å². The first-order valence-electron chi connectivity index (χ1n) is 8.54. The molecule has 2 aromatic rings. The van der Waals surface area contributed by atoms with E-state index in [1.165, 1.54) is 30.0 Å². The van der Waals surface area contributed by atoms with Gasteiger partial charge in [0.25, 0.3) is 5.91 Å². The number of benzene rings is 2. The minimum atomic E-state index is -0.430. The zero-order chi connectivity index (χ0) is 19.8. The van der Waals surface area contributed by atoms with Gasteiger partial charge in [0.15, 0.2) is 11.5 Å². The van der Waals surface area contributed by atoms with Crippen LogP contribution in [0.1, 0.15) is 28.4 Å². The van der Waals surface area contributed by atoms with Gasteiger partial charge in [-0.15, -0.1) is 11.8 Å². The van der Waals surface area contributed by atoms with Crippen LogP contribution in [0.4, 0.5) is 0 Å². The van der Waals surface area contributed by atoms with Crippen molar-refractivity contribution in [3.05, 3.63) is 53.1 Å². The summed E-state index contributed by atoms with van der Waals surface area (Å²) >= 11 is 1.41. The fraction of sp³-hybridized carbons (Fsp3) is 0.300. The Labute approximate surface area is 163 Å². The van der Waals surface area contributed by atoms with Gasteiger partial charge >= 0.3 is 0 Å². The number of rotatable bonds is 7. The maximum atomic E-state index is 12.2. The molecule has 6 nitrogen and oxygen atoms in total. The lowest BCUT2D eigenvalue weighted by atomic mass is 10.1. The summed E-state index contributed by atoms with van der Waals surface area (Å²) in [6, 6.07) is 10.9. The van der Waals surface area contributed by atoms with E-state index in [9.17, 15) is 9.59 Å². The van der Waals surface area contributed by atoms with E-state index in [4.69, 9.17) is 9.47 Å². The number of aryl methyl sites for hydroxylation is 2. The van der Waals surface area contributed by atoms with Crippen molar-refractivity contribution in [1.82, 2.24) is 10.9 Å². The summed E-state index contributed by atoms with van der Waals surface area (Å²) in [4.78, 5) is 25.2. The van der Waals surface area contributed by atoms with Gasteiger partial charge in [0.1, 0.15) is 0 Å². The van der Waals surface area contributed by atoms with Crippen molar-refractivity contribution in [1.29, 1.82) is 0 Å². The highest BCUT2D eigenvalue weighted by molar-refractivity contribution is 8.00. The second-order valence-electron chi connectivity index (χ2n) is 5.84. The van der Waals surface area contributed by atoms with Gasteiger partial charge in [-0.1, -0.05) is 6.07 Å². The van der Waals surface area contributed by atoms with Crippen molar-refractivity contribution in [2.24, 2.45) is 0 Å². The Morgan fingerprint density at radius 2 is 1.78 bits per heavy atom. The van der Waals surface area contributed by atoms with E-state index < -0.39 is 5.91 Å². The smallest absolute Gasteiger partial charge is 0.269 e.